The molecule has 1 aliphatic carbocycles. The predicted octanol–water partition coefficient (Wildman–Crippen LogP) is 6.35. The molecule has 4 nitrogen and oxygen atoms in total. The molecule has 0 unspecified atom stereocenters. The maximum atomic E-state index is 12.3. The Morgan fingerprint density at radius 3 is 1.94 bits per heavy atom. The summed E-state index contributed by atoms with van der Waals surface area (Å²) in [6.07, 6.45) is 3.25. The van der Waals surface area contributed by atoms with E-state index in [9.17, 15) is 9.59 Å². The molecule has 160 valence electrons. The Morgan fingerprint density at radius 2 is 1.42 bits per heavy atom. The molecule has 0 radical (unpaired) electrons. The van der Waals surface area contributed by atoms with Gasteiger partial charge in [-0.05, 0) is 67.1 Å². The first-order valence-corrected chi connectivity index (χ1v) is 13.2. The minimum absolute atomic E-state index is 0.0457. The molecule has 0 atom stereocenters. The number of nitrogen functional groups attached to an aromatic ring is 2. The average Bonchev–Trinajstić information content (AvgIpc) is 3.53. The van der Waals surface area contributed by atoms with Gasteiger partial charge in [0.1, 0.15) is 0 Å². The fourth-order valence-electron chi connectivity index (χ4n) is 3.67. The Balaban J connectivity index is 0.000000150. The normalized spacial score (nSPS) is 12.3. The summed E-state index contributed by atoms with van der Waals surface area (Å²) in [5, 5.41) is 5.15. The standard InChI is InChI=1S/C12H11NOS2.C11H11NOS2/c13-12-10(7-3-1-4-8(7)16-12)11(14)9-5-2-6-15-9;1-6-7(2)15-11(12)9(6)10(13)8-4-3-5-14-8/h2,5-6H,1,3-4,13H2;3-5H,12H2,1-2H3. The quantitative estimate of drug-likeness (QED) is 0.329. The van der Waals surface area contributed by atoms with E-state index in [1.807, 2.05) is 48.9 Å². The molecule has 8 heteroatoms. The zero-order valence-corrected chi connectivity index (χ0v) is 20.5. The molecule has 0 aliphatic heterocycles. The maximum absolute atomic E-state index is 12.3. The Kier molecular flexibility index (Phi) is 6.43. The molecule has 0 fully saturated rings. The van der Waals surface area contributed by atoms with Crippen LogP contribution in [0.1, 0.15) is 57.8 Å². The Labute approximate surface area is 197 Å². The molecule has 0 amide bonds. The topological polar surface area (TPSA) is 86.2 Å². The van der Waals surface area contributed by atoms with Crippen molar-refractivity contribution in [1.29, 1.82) is 0 Å². The van der Waals surface area contributed by atoms with E-state index in [1.54, 1.807) is 11.3 Å². The highest BCUT2D eigenvalue weighted by molar-refractivity contribution is 7.17. The molecular weight excluding hydrogens is 465 g/mol. The van der Waals surface area contributed by atoms with Gasteiger partial charge >= 0.3 is 0 Å². The number of anilines is 2. The molecule has 4 heterocycles. The second-order valence-electron chi connectivity index (χ2n) is 7.23. The van der Waals surface area contributed by atoms with Gasteiger partial charge in [0.25, 0.3) is 0 Å². The molecule has 0 bridgehead atoms. The fourth-order valence-corrected chi connectivity index (χ4v) is 7.10. The average molecular weight is 487 g/mol. The molecule has 0 aromatic carbocycles. The van der Waals surface area contributed by atoms with Crippen LogP contribution in [0.25, 0.3) is 0 Å². The Morgan fingerprint density at radius 1 is 0.839 bits per heavy atom. The van der Waals surface area contributed by atoms with E-state index in [0.29, 0.717) is 15.6 Å². The number of ketones is 2. The highest BCUT2D eigenvalue weighted by Crippen LogP contribution is 2.38. The van der Waals surface area contributed by atoms with Crippen LogP contribution in [0.3, 0.4) is 0 Å². The summed E-state index contributed by atoms with van der Waals surface area (Å²) in [5.74, 6) is 0.149. The van der Waals surface area contributed by atoms with Gasteiger partial charge in [-0.3, -0.25) is 9.59 Å². The van der Waals surface area contributed by atoms with E-state index in [2.05, 4.69) is 0 Å². The predicted molar refractivity (Wildman–Crippen MR) is 134 cm³/mol. The summed E-state index contributed by atoms with van der Waals surface area (Å²) in [7, 11) is 0. The number of hydrogen-bond acceptors (Lipinski definition) is 8. The van der Waals surface area contributed by atoms with E-state index in [-0.39, 0.29) is 11.6 Å². The first-order chi connectivity index (χ1) is 14.9. The molecule has 31 heavy (non-hydrogen) atoms. The van der Waals surface area contributed by atoms with Crippen molar-refractivity contribution in [3.63, 3.8) is 0 Å². The number of thiophene rings is 4. The molecule has 5 rings (SSSR count). The van der Waals surface area contributed by atoms with E-state index in [4.69, 9.17) is 11.5 Å². The van der Waals surface area contributed by atoms with Crippen molar-refractivity contribution in [1.82, 2.24) is 0 Å². The maximum Gasteiger partial charge on any atom is 0.206 e. The van der Waals surface area contributed by atoms with Crippen LogP contribution < -0.4 is 11.5 Å². The third-order valence-electron chi connectivity index (χ3n) is 5.31. The SMILES string of the molecule is Cc1sc(N)c(C(=O)c2cccs2)c1C.Nc1sc2c(c1C(=O)c1cccs1)CCC2. The van der Waals surface area contributed by atoms with Gasteiger partial charge in [0.15, 0.2) is 0 Å². The highest BCUT2D eigenvalue weighted by Gasteiger charge is 2.26. The molecule has 1 aliphatic rings. The van der Waals surface area contributed by atoms with E-state index < -0.39 is 0 Å². The third-order valence-corrected chi connectivity index (χ3v) is 9.20. The molecule has 4 N–H and O–H groups in total. The smallest absolute Gasteiger partial charge is 0.206 e. The summed E-state index contributed by atoms with van der Waals surface area (Å²) in [6, 6.07) is 7.48. The van der Waals surface area contributed by atoms with Crippen molar-refractivity contribution >= 4 is 66.9 Å². The summed E-state index contributed by atoms with van der Waals surface area (Å²) < 4.78 is 0. The van der Waals surface area contributed by atoms with Gasteiger partial charge in [-0.15, -0.1) is 45.3 Å². The first kappa shape index (κ1) is 22.0. The number of hydrogen-bond donors (Lipinski definition) is 2. The number of rotatable bonds is 4. The Hall–Kier alpha value is -2.26. The van der Waals surface area contributed by atoms with Gasteiger partial charge in [-0.2, -0.15) is 0 Å². The van der Waals surface area contributed by atoms with Crippen LogP contribution in [-0.2, 0) is 12.8 Å². The second kappa shape index (κ2) is 9.08. The molecule has 0 saturated heterocycles. The lowest BCUT2D eigenvalue weighted by molar-refractivity contribution is 0.103. The second-order valence-corrected chi connectivity index (χ2v) is 11.5. The first-order valence-electron chi connectivity index (χ1n) is 9.80. The number of carbonyl (C=O) groups excluding carboxylic acids is 2. The van der Waals surface area contributed by atoms with Gasteiger partial charge in [-0.25, -0.2) is 0 Å². The summed E-state index contributed by atoms with van der Waals surface area (Å²) >= 11 is 6.01. The number of fused-ring (bicyclic) bond motifs is 1. The van der Waals surface area contributed by atoms with Crippen LogP contribution >= 0.6 is 45.3 Å². The molecule has 0 saturated carbocycles. The lowest BCUT2D eigenvalue weighted by atomic mass is 10.1. The van der Waals surface area contributed by atoms with Gasteiger partial charge < -0.3 is 11.5 Å². The van der Waals surface area contributed by atoms with Crippen LogP contribution in [0, 0.1) is 13.8 Å². The molecule has 4 aromatic heterocycles. The van der Waals surface area contributed by atoms with Crippen LogP contribution in [0.15, 0.2) is 35.0 Å². The summed E-state index contributed by atoms with van der Waals surface area (Å²) in [6.45, 7) is 3.94. The van der Waals surface area contributed by atoms with Crippen molar-refractivity contribution in [2.45, 2.75) is 33.1 Å². The van der Waals surface area contributed by atoms with Crippen LogP contribution in [0.2, 0.25) is 0 Å². The lowest BCUT2D eigenvalue weighted by Crippen LogP contribution is -2.03. The minimum Gasteiger partial charge on any atom is -0.390 e. The Bertz CT molecular complexity index is 1230. The van der Waals surface area contributed by atoms with Crippen molar-refractivity contribution in [3.8, 4) is 0 Å². The van der Waals surface area contributed by atoms with Crippen molar-refractivity contribution in [2.75, 3.05) is 11.5 Å². The van der Waals surface area contributed by atoms with Gasteiger partial charge in [-0.1, -0.05) is 12.1 Å². The van der Waals surface area contributed by atoms with E-state index in [0.717, 1.165) is 45.0 Å². The largest absolute Gasteiger partial charge is 0.390 e. The van der Waals surface area contributed by atoms with Gasteiger partial charge in [0.2, 0.25) is 11.6 Å². The molecule has 0 spiro atoms. The number of nitrogens with two attached hydrogens (primary N) is 2. The van der Waals surface area contributed by atoms with Crippen molar-refractivity contribution in [2.24, 2.45) is 0 Å². The summed E-state index contributed by atoms with van der Waals surface area (Å²) in [4.78, 5) is 28.4. The number of aryl methyl sites for hydroxylation is 2. The van der Waals surface area contributed by atoms with Crippen molar-refractivity contribution < 1.29 is 9.59 Å². The fraction of sp³-hybridized carbons (Fsp3) is 0.217. The zero-order chi connectivity index (χ0) is 22.1. The van der Waals surface area contributed by atoms with Crippen LogP contribution in [0.5, 0.6) is 0 Å². The van der Waals surface area contributed by atoms with Crippen molar-refractivity contribution in [3.05, 3.63) is 76.8 Å². The third kappa shape index (κ3) is 4.25. The van der Waals surface area contributed by atoms with E-state index in [1.165, 1.54) is 44.5 Å². The lowest BCUT2D eigenvalue weighted by Gasteiger charge is -2.00. The van der Waals surface area contributed by atoms with Crippen LogP contribution in [0.4, 0.5) is 10.0 Å². The zero-order valence-electron chi connectivity index (χ0n) is 17.2. The van der Waals surface area contributed by atoms with Gasteiger partial charge in [0, 0.05) is 9.75 Å². The van der Waals surface area contributed by atoms with E-state index >= 15 is 0 Å². The van der Waals surface area contributed by atoms with Gasteiger partial charge in [0.05, 0.1) is 30.9 Å². The van der Waals surface area contributed by atoms with Crippen LogP contribution in [-0.4, -0.2) is 11.6 Å². The monoisotopic (exact) mass is 486 g/mol. The summed E-state index contributed by atoms with van der Waals surface area (Å²) in [5.41, 5.74) is 15.5. The molecular formula is C23H22N2O2S4. The highest BCUT2D eigenvalue weighted by atomic mass is 32.1. The number of carbonyl (C=O) groups is 2. The minimum atomic E-state index is 0.0457. The molecule has 4 aromatic rings.